The normalized spacial score (nSPS) is 15.1. The predicted octanol–water partition coefficient (Wildman–Crippen LogP) is 2.69. The largest absolute Gasteiger partial charge is 0.545 e. The van der Waals surface area contributed by atoms with E-state index in [1.165, 1.54) is 30.3 Å². The summed E-state index contributed by atoms with van der Waals surface area (Å²) in [6.45, 7) is 1.39. The lowest BCUT2D eigenvalue weighted by molar-refractivity contribution is -0.255. The number of thioether (sulfide) groups is 1. The highest BCUT2D eigenvalue weighted by Crippen LogP contribution is 2.32. The topological polar surface area (TPSA) is 107 Å². The number of rotatable bonds is 5. The molecule has 0 aromatic heterocycles. The molecular weight excluding hydrogens is 416 g/mol. The number of nitrogens with one attached hydrogen (secondary N) is 1. The number of hydrogen-bond acceptors (Lipinski definition) is 6. The molecule has 0 aliphatic carbocycles. The van der Waals surface area contributed by atoms with Crippen molar-refractivity contribution in [1.29, 1.82) is 0 Å². The van der Waals surface area contributed by atoms with E-state index in [2.05, 4.69) is 5.32 Å². The number of carboxylic acids is 1. The zero-order valence-corrected chi connectivity index (χ0v) is 16.7. The first-order valence-electron chi connectivity index (χ1n) is 8.37. The molecule has 7 nitrogen and oxygen atoms in total. The van der Waals surface area contributed by atoms with Crippen molar-refractivity contribution in [3.63, 3.8) is 0 Å². The third-order valence-corrected chi connectivity index (χ3v) is 5.39. The first-order valence-corrected chi connectivity index (χ1v) is 9.57. The molecule has 0 bridgehead atoms. The van der Waals surface area contributed by atoms with Gasteiger partial charge in [0.15, 0.2) is 0 Å². The number of imide groups is 1. The maximum atomic E-state index is 12.5. The summed E-state index contributed by atoms with van der Waals surface area (Å²) in [7, 11) is 0. The number of anilines is 1. The number of carbonyl (C=O) groups excluding carboxylic acids is 4. The fraction of sp³-hybridized carbons (Fsp3) is 0.100. The minimum atomic E-state index is -1.31. The lowest BCUT2D eigenvalue weighted by atomic mass is 10.1. The molecule has 0 radical (unpaired) electrons. The second-order valence-corrected chi connectivity index (χ2v) is 7.59. The van der Waals surface area contributed by atoms with Gasteiger partial charge in [0.1, 0.15) is 6.54 Å². The zero-order valence-electron chi connectivity index (χ0n) is 15.1. The molecule has 1 fully saturated rings. The molecule has 2 aromatic rings. The van der Waals surface area contributed by atoms with E-state index in [0.717, 1.165) is 10.5 Å². The first kappa shape index (κ1) is 20.6. The summed E-state index contributed by atoms with van der Waals surface area (Å²) in [5.41, 5.74) is 1.86. The van der Waals surface area contributed by atoms with Gasteiger partial charge in [0.25, 0.3) is 11.1 Å². The molecule has 0 saturated carbocycles. The van der Waals surface area contributed by atoms with E-state index < -0.39 is 29.6 Å². The van der Waals surface area contributed by atoms with Crippen molar-refractivity contribution in [1.82, 2.24) is 4.90 Å². The van der Waals surface area contributed by atoms with Gasteiger partial charge < -0.3 is 15.2 Å². The van der Waals surface area contributed by atoms with E-state index >= 15 is 0 Å². The van der Waals surface area contributed by atoms with Crippen molar-refractivity contribution in [2.45, 2.75) is 6.92 Å². The Morgan fingerprint density at radius 3 is 2.48 bits per heavy atom. The summed E-state index contributed by atoms with van der Waals surface area (Å²) in [6, 6.07) is 10.7. The highest BCUT2D eigenvalue weighted by Gasteiger charge is 2.36. The average molecular weight is 430 g/mol. The first-order chi connectivity index (χ1) is 13.7. The van der Waals surface area contributed by atoms with Crippen LogP contribution in [-0.2, 0) is 9.59 Å². The highest BCUT2D eigenvalue weighted by atomic mass is 35.5. The monoisotopic (exact) mass is 429 g/mol. The zero-order chi connectivity index (χ0) is 21.1. The molecule has 1 heterocycles. The molecule has 2 aromatic carbocycles. The number of carbonyl (C=O) groups is 4. The van der Waals surface area contributed by atoms with Gasteiger partial charge in [0, 0.05) is 10.7 Å². The Labute approximate surface area is 175 Å². The van der Waals surface area contributed by atoms with Crippen LogP contribution in [0, 0.1) is 6.92 Å². The van der Waals surface area contributed by atoms with Crippen LogP contribution in [0.1, 0.15) is 21.5 Å². The molecule has 0 atom stereocenters. The highest BCUT2D eigenvalue weighted by molar-refractivity contribution is 8.18. The number of carboxylic acid groups (broad SMARTS) is 1. The van der Waals surface area contributed by atoms with Gasteiger partial charge in [-0.25, -0.2) is 0 Å². The van der Waals surface area contributed by atoms with Crippen molar-refractivity contribution < 1.29 is 24.3 Å². The van der Waals surface area contributed by atoms with Crippen molar-refractivity contribution in [3.05, 3.63) is 69.1 Å². The summed E-state index contributed by atoms with van der Waals surface area (Å²) in [5, 5.41) is 13.3. The van der Waals surface area contributed by atoms with Crippen LogP contribution in [0.3, 0.4) is 0 Å². The Morgan fingerprint density at radius 1 is 1.17 bits per heavy atom. The van der Waals surface area contributed by atoms with Crippen molar-refractivity contribution in [3.8, 4) is 0 Å². The fourth-order valence-corrected chi connectivity index (χ4v) is 3.54. The van der Waals surface area contributed by atoms with Gasteiger partial charge in [-0.3, -0.25) is 19.3 Å². The number of benzene rings is 2. The molecule has 148 valence electrons. The predicted molar refractivity (Wildman–Crippen MR) is 108 cm³/mol. The van der Waals surface area contributed by atoms with Gasteiger partial charge in [0.05, 0.1) is 10.9 Å². The average Bonchev–Trinajstić information content (AvgIpc) is 2.92. The van der Waals surface area contributed by atoms with Gasteiger partial charge in [0.2, 0.25) is 5.91 Å². The SMILES string of the molecule is Cc1ccc(NC(=O)CN2C(=O)S/C(=C\c3ccc(C(=O)[O-])cc3)C2=O)cc1Cl. The van der Waals surface area contributed by atoms with E-state index in [0.29, 0.717) is 28.0 Å². The molecule has 3 amide bonds. The molecule has 3 rings (SSSR count). The van der Waals surface area contributed by atoms with Gasteiger partial charge >= 0.3 is 0 Å². The number of nitrogens with zero attached hydrogens (tertiary/aromatic N) is 1. The van der Waals surface area contributed by atoms with Gasteiger partial charge in [-0.05, 0) is 53.6 Å². The molecule has 1 aliphatic rings. The van der Waals surface area contributed by atoms with Crippen LogP contribution in [0.25, 0.3) is 6.08 Å². The van der Waals surface area contributed by atoms with Crippen LogP contribution in [-0.4, -0.2) is 34.5 Å². The summed E-state index contributed by atoms with van der Waals surface area (Å²) < 4.78 is 0. The van der Waals surface area contributed by atoms with Crippen LogP contribution in [0.15, 0.2) is 47.4 Å². The molecule has 1 aliphatic heterocycles. The standard InChI is InChI=1S/C20H15ClN2O5S/c1-11-2-7-14(9-15(11)21)22-17(24)10-23-18(25)16(29-20(23)28)8-12-3-5-13(6-4-12)19(26)27/h2-9H,10H2,1H3,(H,22,24)(H,26,27)/p-1/b16-8-. The van der Waals surface area contributed by atoms with Crippen molar-refractivity contribution in [2.75, 3.05) is 11.9 Å². The Hall–Kier alpha value is -3.10. The van der Waals surface area contributed by atoms with E-state index in [9.17, 15) is 24.3 Å². The van der Waals surface area contributed by atoms with E-state index in [1.54, 1.807) is 18.2 Å². The van der Waals surface area contributed by atoms with Crippen molar-refractivity contribution in [2.24, 2.45) is 0 Å². The van der Waals surface area contributed by atoms with E-state index in [4.69, 9.17) is 11.6 Å². The lowest BCUT2D eigenvalue weighted by Gasteiger charge is -2.13. The number of amides is 3. The van der Waals surface area contributed by atoms with Crippen LogP contribution in [0.2, 0.25) is 5.02 Å². The van der Waals surface area contributed by atoms with Crippen LogP contribution >= 0.6 is 23.4 Å². The Balaban J connectivity index is 1.68. The Kier molecular flexibility index (Phi) is 6.05. The molecule has 1 N–H and O–H groups in total. The smallest absolute Gasteiger partial charge is 0.294 e. The van der Waals surface area contributed by atoms with Gasteiger partial charge in [-0.15, -0.1) is 0 Å². The van der Waals surface area contributed by atoms with Gasteiger partial charge in [-0.1, -0.05) is 41.9 Å². The minimum Gasteiger partial charge on any atom is -0.545 e. The number of hydrogen-bond donors (Lipinski definition) is 1. The fourth-order valence-electron chi connectivity index (χ4n) is 2.52. The van der Waals surface area contributed by atoms with Crippen LogP contribution < -0.4 is 10.4 Å². The molecule has 29 heavy (non-hydrogen) atoms. The molecule has 9 heteroatoms. The molecule has 0 spiro atoms. The molecule has 1 saturated heterocycles. The summed E-state index contributed by atoms with van der Waals surface area (Å²) in [6.07, 6.45) is 1.46. The second-order valence-electron chi connectivity index (χ2n) is 6.19. The third kappa shape index (κ3) is 4.85. The number of halogens is 1. The summed E-state index contributed by atoms with van der Waals surface area (Å²) in [5.74, 6) is -2.44. The van der Waals surface area contributed by atoms with E-state index in [1.807, 2.05) is 6.92 Å². The number of aromatic carboxylic acids is 1. The quantitative estimate of drug-likeness (QED) is 0.732. The molecular formula is C20H14ClN2O5S-. The van der Waals surface area contributed by atoms with Gasteiger partial charge in [-0.2, -0.15) is 0 Å². The Bertz CT molecular complexity index is 1050. The number of aryl methyl sites for hydroxylation is 1. The van der Waals surface area contributed by atoms with Crippen LogP contribution in [0.4, 0.5) is 10.5 Å². The summed E-state index contributed by atoms with van der Waals surface area (Å²) >= 11 is 6.73. The lowest BCUT2D eigenvalue weighted by Crippen LogP contribution is -2.36. The third-order valence-electron chi connectivity index (χ3n) is 4.08. The van der Waals surface area contributed by atoms with Crippen molar-refractivity contribution >= 4 is 58.1 Å². The maximum Gasteiger partial charge on any atom is 0.294 e. The van der Waals surface area contributed by atoms with E-state index in [-0.39, 0.29) is 10.5 Å². The Morgan fingerprint density at radius 2 is 1.86 bits per heavy atom. The molecule has 0 unspecified atom stereocenters. The van der Waals surface area contributed by atoms with Crippen LogP contribution in [0.5, 0.6) is 0 Å². The second kappa shape index (κ2) is 8.50. The maximum absolute atomic E-state index is 12.5. The summed E-state index contributed by atoms with van der Waals surface area (Å²) in [4.78, 5) is 48.6. The minimum absolute atomic E-state index is 0.00290.